The van der Waals surface area contributed by atoms with Crippen LogP contribution in [0.1, 0.15) is 18.4 Å². The number of hydrogen-bond donors (Lipinski definition) is 2. The van der Waals surface area contributed by atoms with Crippen LogP contribution >= 0.6 is 27.7 Å². The molecule has 33 heavy (non-hydrogen) atoms. The molecule has 0 spiro atoms. The lowest BCUT2D eigenvalue weighted by molar-refractivity contribution is -0.138. The van der Waals surface area contributed by atoms with Gasteiger partial charge in [0, 0.05) is 15.9 Å². The van der Waals surface area contributed by atoms with E-state index in [9.17, 15) is 14.9 Å². The summed E-state index contributed by atoms with van der Waals surface area (Å²) in [5.41, 5.74) is 2.77. The lowest BCUT2D eigenvalue weighted by atomic mass is 9.82. The number of benzene rings is 2. The number of rotatable bonds is 8. The Morgan fingerprint density at radius 3 is 2.58 bits per heavy atom. The van der Waals surface area contributed by atoms with Crippen LogP contribution in [-0.2, 0) is 14.3 Å². The zero-order chi connectivity index (χ0) is 23.8. The standard InChI is InChI=1S/C25H22BrN3O3S/c1-3-13-32-25(31)22-16(2)28-24(20(14-27)23(22)17-7-5-4-6-8-17)33-15-21(30)29-19-11-9-18(26)10-12-19/h3-12,23,28H,1,13,15H2,2H3,(H,29,30)/t23-/m0/s1. The first-order chi connectivity index (χ1) is 15.9. The number of halogens is 1. The van der Waals surface area contributed by atoms with Gasteiger partial charge in [-0.3, -0.25) is 4.79 Å². The third-order valence-electron chi connectivity index (χ3n) is 4.81. The van der Waals surface area contributed by atoms with Crippen molar-refractivity contribution in [1.82, 2.24) is 5.32 Å². The maximum Gasteiger partial charge on any atom is 0.337 e. The molecule has 1 amide bonds. The number of anilines is 1. The minimum absolute atomic E-state index is 0.0700. The van der Waals surface area contributed by atoms with Crippen molar-refractivity contribution in [2.75, 3.05) is 17.7 Å². The van der Waals surface area contributed by atoms with Crippen molar-refractivity contribution in [3.05, 3.63) is 99.2 Å². The van der Waals surface area contributed by atoms with Gasteiger partial charge in [0.1, 0.15) is 6.61 Å². The second-order valence-corrected chi connectivity index (χ2v) is 8.99. The van der Waals surface area contributed by atoms with Gasteiger partial charge in [-0.05, 0) is 36.8 Å². The molecule has 0 saturated carbocycles. The molecule has 1 aliphatic rings. The van der Waals surface area contributed by atoms with E-state index in [2.05, 4.69) is 39.2 Å². The van der Waals surface area contributed by atoms with Gasteiger partial charge in [0.25, 0.3) is 0 Å². The van der Waals surface area contributed by atoms with E-state index < -0.39 is 11.9 Å². The predicted molar refractivity (Wildman–Crippen MR) is 134 cm³/mol. The van der Waals surface area contributed by atoms with Crippen molar-refractivity contribution in [3.8, 4) is 6.07 Å². The minimum Gasteiger partial charge on any atom is -0.458 e. The number of thioether (sulfide) groups is 1. The molecule has 0 saturated heterocycles. The molecule has 168 valence electrons. The molecule has 1 atom stereocenters. The Hall–Kier alpha value is -3.28. The number of carbonyl (C=O) groups excluding carboxylic acids is 2. The van der Waals surface area contributed by atoms with E-state index in [0.29, 0.717) is 27.6 Å². The maximum absolute atomic E-state index is 12.8. The number of dihydropyridines is 1. The van der Waals surface area contributed by atoms with Gasteiger partial charge < -0.3 is 15.4 Å². The van der Waals surface area contributed by atoms with Gasteiger partial charge in [0.05, 0.1) is 33.9 Å². The summed E-state index contributed by atoms with van der Waals surface area (Å²) < 4.78 is 6.21. The largest absolute Gasteiger partial charge is 0.458 e. The molecule has 0 aliphatic carbocycles. The summed E-state index contributed by atoms with van der Waals surface area (Å²) in [7, 11) is 0. The molecule has 0 radical (unpaired) electrons. The fourth-order valence-corrected chi connectivity index (χ4v) is 4.51. The number of ether oxygens (including phenoxy) is 1. The molecule has 1 aliphatic heterocycles. The van der Waals surface area contributed by atoms with Gasteiger partial charge in [-0.25, -0.2) is 4.79 Å². The van der Waals surface area contributed by atoms with Gasteiger partial charge in [0.15, 0.2) is 0 Å². The Kier molecular flexibility index (Phi) is 8.52. The van der Waals surface area contributed by atoms with Crippen LogP contribution in [0.15, 0.2) is 93.6 Å². The van der Waals surface area contributed by atoms with E-state index in [4.69, 9.17) is 4.74 Å². The molecular formula is C25H22BrN3O3S. The highest BCUT2D eigenvalue weighted by molar-refractivity contribution is 9.10. The molecular weight excluding hydrogens is 502 g/mol. The van der Waals surface area contributed by atoms with E-state index in [1.165, 1.54) is 17.8 Å². The summed E-state index contributed by atoms with van der Waals surface area (Å²) in [5.74, 6) is -1.23. The zero-order valence-corrected chi connectivity index (χ0v) is 20.3. The Morgan fingerprint density at radius 1 is 1.24 bits per heavy atom. The average molecular weight is 524 g/mol. The molecule has 8 heteroatoms. The fourth-order valence-electron chi connectivity index (χ4n) is 3.36. The van der Waals surface area contributed by atoms with E-state index in [-0.39, 0.29) is 18.3 Å². The van der Waals surface area contributed by atoms with Crippen LogP contribution in [0, 0.1) is 11.3 Å². The lowest BCUT2D eigenvalue weighted by Gasteiger charge is -2.29. The molecule has 0 bridgehead atoms. The first-order valence-electron chi connectivity index (χ1n) is 10.1. The number of hydrogen-bond acceptors (Lipinski definition) is 6. The van der Waals surface area contributed by atoms with Gasteiger partial charge in [-0.15, -0.1) is 0 Å². The van der Waals surface area contributed by atoms with Crippen molar-refractivity contribution in [1.29, 1.82) is 5.26 Å². The zero-order valence-electron chi connectivity index (χ0n) is 17.9. The van der Waals surface area contributed by atoms with E-state index in [1.54, 1.807) is 19.1 Å². The van der Waals surface area contributed by atoms with E-state index in [1.807, 2.05) is 42.5 Å². The number of nitriles is 1. The summed E-state index contributed by atoms with van der Waals surface area (Å²) in [6.45, 7) is 5.41. The molecule has 6 nitrogen and oxygen atoms in total. The first-order valence-corrected chi connectivity index (χ1v) is 11.9. The minimum atomic E-state index is -0.605. The monoisotopic (exact) mass is 523 g/mol. The van der Waals surface area contributed by atoms with Crippen molar-refractivity contribution < 1.29 is 14.3 Å². The third-order valence-corrected chi connectivity index (χ3v) is 6.35. The van der Waals surface area contributed by atoms with Crippen LogP contribution in [0.25, 0.3) is 0 Å². The smallest absolute Gasteiger partial charge is 0.337 e. The Labute approximate surface area is 205 Å². The Bertz CT molecular complexity index is 1150. The quantitative estimate of drug-likeness (QED) is 0.362. The first kappa shape index (κ1) is 24.4. The fraction of sp³-hybridized carbons (Fsp3) is 0.160. The van der Waals surface area contributed by atoms with Crippen molar-refractivity contribution in [3.63, 3.8) is 0 Å². The van der Waals surface area contributed by atoms with Crippen LogP contribution in [-0.4, -0.2) is 24.2 Å². The second-order valence-electron chi connectivity index (χ2n) is 7.09. The lowest BCUT2D eigenvalue weighted by Crippen LogP contribution is -2.29. The van der Waals surface area contributed by atoms with Crippen molar-refractivity contribution in [2.45, 2.75) is 12.8 Å². The summed E-state index contributed by atoms with van der Waals surface area (Å²) >= 11 is 4.58. The molecule has 2 aromatic rings. The topological polar surface area (TPSA) is 91.2 Å². The SMILES string of the molecule is C=CCOC(=O)C1=C(C)NC(SCC(=O)Nc2ccc(Br)cc2)=C(C#N)[C@@H]1c1ccccc1. The number of amides is 1. The Balaban J connectivity index is 1.86. The number of allylic oxidation sites excluding steroid dienone is 2. The number of nitrogens with zero attached hydrogens (tertiary/aromatic N) is 1. The number of carbonyl (C=O) groups is 2. The summed E-state index contributed by atoms with van der Waals surface area (Å²) in [5, 5.41) is 16.5. The van der Waals surface area contributed by atoms with Crippen molar-refractivity contribution in [2.24, 2.45) is 0 Å². The average Bonchev–Trinajstić information content (AvgIpc) is 2.82. The summed E-state index contributed by atoms with van der Waals surface area (Å²) in [6, 6.07) is 18.8. The summed E-state index contributed by atoms with van der Waals surface area (Å²) in [4.78, 5) is 25.3. The molecule has 1 heterocycles. The van der Waals surface area contributed by atoms with Crippen LogP contribution in [0.2, 0.25) is 0 Å². The molecule has 0 fully saturated rings. The second kappa shape index (κ2) is 11.5. The van der Waals surface area contributed by atoms with Gasteiger partial charge >= 0.3 is 5.97 Å². The van der Waals surface area contributed by atoms with E-state index >= 15 is 0 Å². The van der Waals surface area contributed by atoms with Gasteiger partial charge in [-0.2, -0.15) is 5.26 Å². The third kappa shape index (κ3) is 6.15. The molecule has 0 unspecified atom stereocenters. The summed E-state index contributed by atoms with van der Waals surface area (Å²) in [6.07, 6.45) is 1.49. The highest BCUT2D eigenvalue weighted by Gasteiger charge is 2.35. The van der Waals surface area contributed by atoms with E-state index in [0.717, 1.165) is 10.0 Å². The Morgan fingerprint density at radius 2 is 1.94 bits per heavy atom. The number of esters is 1. The maximum atomic E-state index is 12.8. The van der Waals surface area contributed by atoms with Gasteiger partial charge in [0.2, 0.25) is 5.91 Å². The van der Waals surface area contributed by atoms with Crippen LogP contribution in [0.4, 0.5) is 5.69 Å². The van der Waals surface area contributed by atoms with Crippen LogP contribution < -0.4 is 10.6 Å². The molecule has 2 aromatic carbocycles. The molecule has 3 rings (SSSR count). The highest BCUT2D eigenvalue weighted by atomic mass is 79.9. The highest BCUT2D eigenvalue weighted by Crippen LogP contribution is 2.40. The van der Waals surface area contributed by atoms with Gasteiger partial charge in [-0.1, -0.05) is 70.7 Å². The van der Waals surface area contributed by atoms with Crippen LogP contribution in [0.5, 0.6) is 0 Å². The molecule has 2 N–H and O–H groups in total. The van der Waals surface area contributed by atoms with Crippen molar-refractivity contribution >= 4 is 45.3 Å². The number of nitrogens with one attached hydrogen (secondary N) is 2. The normalized spacial score (nSPS) is 15.4. The van der Waals surface area contributed by atoms with Crippen LogP contribution in [0.3, 0.4) is 0 Å². The predicted octanol–water partition coefficient (Wildman–Crippen LogP) is 5.25. The molecule has 0 aromatic heterocycles.